The summed E-state index contributed by atoms with van der Waals surface area (Å²) >= 11 is 0. The lowest BCUT2D eigenvalue weighted by molar-refractivity contribution is -0.128. The van der Waals surface area contributed by atoms with Gasteiger partial charge in [0.15, 0.2) is 5.78 Å². The molecule has 0 aliphatic heterocycles. The molecule has 6 heteroatoms. The summed E-state index contributed by atoms with van der Waals surface area (Å²) in [7, 11) is 0. The zero-order valence-electron chi connectivity index (χ0n) is 16.4. The SMILES string of the molecule is CC(C)[C@](C)(NC(=O)OCc1ccccc1)C(=O)NCC(=O)c1ccccc1. The number of rotatable bonds is 8. The highest BCUT2D eigenvalue weighted by Crippen LogP contribution is 2.17. The smallest absolute Gasteiger partial charge is 0.408 e. The molecule has 0 fully saturated rings. The first-order valence-electron chi connectivity index (χ1n) is 9.18. The average Bonchev–Trinajstić information content (AvgIpc) is 2.71. The van der Waals surface area contributed by atoms with Gasteiger partial charge in [-0.3, -0.25) is 9.59 Å². The van der Waals surface area contributed by atoms with Gasteiger partial charge in [0.05, 0.1) is 6.54 Å². The maximum Gasteiger partial charge on any atom is 0.408 e. The van der Waals surface area contributed by atoms with Gasteiger partial charge in [0.25, 0.3) is 0 Å². The number of ketones is 1. The van der Waals surface area contributed by atoms with Gasteiger partial charge in [-0.25, -0.2) is 4.79 Å². The Morgan fingerprint density at radius 3 is 2.11 bits per heavy atom. The standard InChI is InChI=1S/C22H26N2O4/c1-16(2)22(3,24-21(27)28-15-17-10-6-4-7-11-17)20(26)23-14-19(25)18-12-8-5-9-13-18/h4-13,16H,14-15H2,1-3H3,(H,23,26)(H,24,27)/t22-/m0/s1. The van der Waals surface area contributed by atoms with Crippen molar-refractivity contribution < 1.29 is 19.1 Å². The Bertz CT molecular complexity index is 806. The first-order valence-corrected chi connectivity index (χ1v) is 9.18. The minimum atomic E-state index is -1.22. The van der Waals surface area contributed by atoms with E-state index in [1.54, 1.807) is 31.2 Å². The van der Waals surface area contributed by atoms with Gasteiger partial charge < -0.3 is 15.4 Å². The summed E-state index contributed by atoms with van der Waals surface area (Å²) in [6, 6.07) is 18.0. The maximum atomic E-state index is 12.7. The molecule has 2 aromatic rings. The molecule has 0 saturated heterocycles. The first kappa shape index (κ1) is 21.2. The highest BCUT2D eigenvalue weighted by atomic mass is 16.5. The van der Waals surface area contributed by atoms with Gasteiger partial charge in [-0.15, -0.1) is 0 Å². The molecule has 0 unspecified atom stereocenters. The maximum absolute atomic E-state index is 12.7. The van der Waals surface area contributed by atoms with E-state index in [1.165, 1.54) is 0 Å². The van der Waals surface area contributed by atoms with E-state index in [4.69, 9.17) is 4.74 Å². The second-order valence-corrected chi connectivity index (χ2v) is 7.02. The van der Waals surface area contributed by atoms with Crippen molar-refractivity contribution in [2.24, 2.45) is 5.92 Å². The highest BCUT2D eigenvalue weighted by molar-refractivity contribution is 6.00. The van der Waals surface area contributed by atoms with Crippen LogP contribution in [0.5, 0.6) is 0 Å². The molecule has 0 aliphatic carbocycles. The fraction of sp³-hybridized carbons (Fsp3) is 0.318. The fourth-order valence-corrected chi connectivity index (χ4v) is 2.50. The van der Waals surface area contributed by atoms with E-state index in [2.05, 4.69) is 10.6 Å². The average molecular weight is 382 g/mol. The second kappa shape index (κ2) is 9.69. The Morgan fingerprint density at radius 1 is 0.964 bits per heavy atom. The van der Waals surface area contributed by atoms with Crippen LogP contribution in [0, 0.1) is 5.92 Å². The molecule has 1 atom stereocenters. The molecule has 0 saturated carbocycles. The molecule has 0 spiro atoms. The van der Waals surface area contributed by atoms with E-state index in [9.17, 15) is 14.4 Å². The molecular weight excluding hydrogens is 356 g/mol. The van der Waals surface area contributed by atoms with Crippen molar-refractivity contribution in [2.45, 2.75) is 32.9 Å². The number of carbonyl (C=O) groups excluding carboxylic acids is 3. The summed E-state index contributed by atoms with van der Waals surface area (Å²) in [6.45, 7) is 5.21. The number of amides is 2. The molecule has 2 N–H and O–H groups in total. The largest absolute Gasteiger partial charge is 0.445 e. The predicted molar refractivity (Wildman–Crippen MR) is 107 cm³/mol. The van der Waals surface area contributed by atoms with Gasteiger partial charge in [0.2, 0.25) is 5.91 Å². The quantitative estimate of drug-likeness (QED) is 0.686. The molecule has 2 rings (SSSR count). The van der Waals surface area contributed by atoms with Gasteiger partial charge in [0, 0.05) is 5.56 Å². The summed E-state index contributed by atoms with van der Waals surface area (Å²) < 4.78 is 5.22. The Morgan fingerprint density at radius 2 is 1.54 bits per heavy atom. The third-order valence-electron chi connectivity index (χ3n) is 4.71. The molecular formula is C22H26N2O4. The zero-order valence-corrected chi connectivity index (χ0v) is 16.4. The summed E-state index contributed by atoms with van der Waals surface area (Å²) in [5.41, 5.74) is 0.149. The molecule has 28 heavy (non-hydrogen) atoms. The van der Waals surface area contributed by atoms with Crippen LogP contribution in [0.3, 0.4) is 0 Å². The van der Waals surface area contributed by atoms with Crippen LogP contribution in [0.25, 0.3) is 0 Å². The van der Waals surface area contributed by atoms with Crippen LogP contribution in [0.15, 0.2) is 60.7 Å². The van der Waals surface area contributed by atoms with Crippen molar-refractivity contribution in [1.29, 1.82) is 0 Å². The molecule has 148 valence electrons. The molecule has 0 bridgehead atoms. The Balaban J connectivity index is 1.94. The van der Waals surface area contributed by atoms with Crippen molar-refractivity contribution in [3.63, 3.8) is 0 Å². The van der Waals surface area contributed by atoms with Crippen LogP contribution in [0.2, 0.25) is 0 Å². The molecule has 0 heterocycles. The fourth-order valence-electron chi connectivity index (χ4n) is 2.50. The number of alkyl carbamates (subject to hydrolysis) is 1. The van der Waals surface area contributed by atoms with Crippen molar-refractivity contribution in [3.8, 4) is 0 Å². The molecule has 6 nitrogen and oxygen atoms in total. The monoisotopic (exact) mass is 382 g/mol. The summed E-state index contributed by atoms with van der Waals surface area (Å²) in [5, 5.41) is 5.27. The normalized spacial score (nSPS) is 12.7. The lowest BCUT2D eigenvalue weighted by Gasteiger charge is -2.32. The van der Waals surface area contributed by atoms with E-state index >= 15 is 0 Å². The number of Topliss-reactive ketones (excluding diaryl/α,β-unsaturated/α-hetero) is 1. The Labute approximate surface area is 165 Å². The molecule has 0 aromatic heterocycles. The van der Waals surface area contributed by atoms with Crippen LogP contribution in [-0.2, 0) is 16.1 Å². The first-order chi connectivity index (χ1) is 13.3. The number of ether oxygens (including phenoxy) is 1. The van der Waals surface area contributed by atoms with E-state index in [1.807, 2.05) is 50.2 Å². The summed E-state index contributed by atoms with van der Waals surface area (Å²) in [5.74, 6) is -0.862. The molecule has 2 amide bonds. The van der Waals surface area contributed by atoms with E-state index in [0.717, 1.165) is 5.56 Å². The zero-order chi connectivity index (χ0) is 20.6. The Kier molecular flexibility index (Phi) is 7.32. The highest BCUT2D eigenvalue weighted by Gasteiger charge is 2.38. The van der Waals surface area contributed by atoms with Crippen molar-refractivity contribution >= 4 is 17.8 Å². The lowest BCUT2D eigenvalue weighted by atomic mass is 9.87. The van der Waals surface area contributed by atoms with Crippen LogP contribution >= 0.6 is 0 Å². The Hall–Kier alpha value is -3.15. The minimum absolute atomic E-state index is 0.106. The number of carbonyl (C=O) groups is 3. The number of hydrogen-bond donors (Lipinski definition) is 2. The van der Waals surface area contributed by atoms with Crippen LogP contribution < -0.4 is 10.6 Å². The topological polar surface area (TPSA) is 84.5 Å². The van der Waals surface area contributed by atoms with Gasteiger partial charge >= 0.3 is 6.09 Å². The minimum Gasteiger partial charge on any atom is -0.445 e. The molecule has 0 aliphatic rings. The molecule has 0 radical (unpaired) electrons. The predicted octanol–water partition coefficient (Wildman–Crippen LogP) is 3.33. The number of benzene rings is 2. The van der Waals surface area contributed by atoms with E-state index in [0.29, 0.717) is 5.56 Å². The lowest BCUT2D eigenvalue weighted by Crippen LogP contribution is -2.60. The van der Waals surface area contributed by atoms with Gasteiger partial charge in [-0.2, -0.15) is 0 Å². The van der Waals surface area contributed by atoms with Gasteiger partial charge in [0.1, 0.15) is 12.1 Å². The van der Waals surface area contributed by atoms with Crippen LogP contribution in [0.1, 0.15) is 36.7 Å². The van der Waals surface area contributed by atoms with Crippen molar-refractivity contribution in [3.05, 3.63) is 71.8 Å². The van der Waals surface area contributed by atoms with Crippen LogP contribution in [-0.4, -0.2) is 29.9 Å². The van der Waals surface area contributed by atoms with E-state index < -0.39 is 17.5 Å². The molecule has 2 aromatic carbocycles. The number of hydrogen-bond acceptors (Lipinski definition) is 4. The number of nitrogens with one attached hydrogen (secondary N) is 2. The third-order valence-corrected chi connectivity index (χ3v) is 4.71. The van der Waals surface area contributed by atoms with Gasteiger partial charge in [-0.05, 0) is 18.4 Å². The van der Waals surface area contributed by atoms with Crippen LogP contribution in [0.4, 0.5) is 4.79 Å². The van der Waals surface area contributed by atoms with Gasteiger partial charge in [-0.1, -0.05) is 74.5 Å². The second-order valence-electron chi connectivity index (χ2n) is 7.02. The summed E-state index contributed by atoms with van der Waals surface area (Å²) in [4.78, 5) is 37.1. The third kappa shape index (κ3) is 5.67. The van der Waals surface area contributed by atoms with Crippen molar-refractivity contribution in [1.82, 2.24) is 10.6 Å². The van der Waals surface area contributed by atoms with E-state index in [-0.39, 0.29) is 24.9 Å². The van der Waals surface area contributed by atoms with Crippen molar-refractivity contribution in [2.75, 3.05) is 6.54 Å². The summed E-state index contributed by atoms with van der Waals surface area (Å²) in [6.07, 6.45) is -0.690.